The Labute approximate surface area is 126 Å². The molecule has 0 bridgehead atoms. The number of carbonyl (C=O) groups excluding carboxylic acids is 1. The zero-order chi connectivity index (χ0) is 17.1. The number of hydrogen-bond acceptors (Lipinski definition) is 6. The van der Waals surface area contributed by atoms with E-state index in [0.717, 1.165) is 13.2 Å². The number of hydrogen-bond donors (Lipinski definition) is 3. The number of esters is 1. The summed E-state index contributed by atoms with van der Waals surface area (Å²) in [5.74, 6) is -1.12. The maximum absolute atomic E-state index is 10.8. The highest BCUT2D eigenvalue weighted by molar-refractivity contribution is 5.76. The van der Waals surface area contributed by atoms with Gasteiger partial charge in [-0.3, -0.25) is 9.59 Å². The molecule has 21 heavy (non-hydrogen) atoms. The second kappa shape index (κ2) is 21.1. The Morgan fingerprint density at radius 1 is 1.00 bits per heavy atom. The van der Waals surface area contributed by atoms with Crippen LogP contribution in [0.4, 0.5) is 0 Å². The van der Waals surface area contributed by atoms with Crippen LogP contribution in [0.15, 0.2) is 0 Å². The van der Waals surface area contributed by atoms with Gasteiger partial charge in [-0.25, -0.2) is 0 Å². The molecular formula is C14H30O7. The van der Waals surface area contributed by atoms with Crippen molar-refractivity contribution >= 4 is 11.9 Å². The second-order valence-electron chi connectivity index (χ2n) is 4.20. The van der Waals surface area contributed by atoms with E-state index in [2.05, 4.69) is 0 Å². The monoisotopic (exact) mass is 310 g/mol. The van der Waals surface area contributed by atoms with E-state index in [1.54, 1.807) is 0 Å². The fraction of sp³-hybridized carbons (Fsp3) is 0.857. The predicted octanol–water partition coefficient (Wildman–Crippen LogP) is 1.06. The summed E-state index contributed by atoms with van der Waals surface area (Å²) in [6.45, 7) is 9.62. The summed E-state index contributed by atoms with van der Waals surface area (Å²) >= 11 is 0. The third kappa shape index (κ3) is 38.1. The molecule has 0 unspecified atom stereocenters. The van der Waals surface area contributed by atoms with Gasteiger partial charge in [0.1, 0.15) is 0 Å². The largest absolute Gasteiger partial charge is 0.481 e. The summed E-state index contributed by atoms with van der Waals surface area (Å²) in [7, 11) is 0. The van der Waals surface area contributed by atoms with Gasteiger partial charge in [0, 0.05) is 13.2 Å². The Bertz CT molecular complexity index is 225. The molecule has 0 heterocycles. The number of carbonyl (C=O) groups is 2. The zero-order valence-electron chi connectivity index (χ0n) is 13.5. The number of ether oxygens (including phenoxy) is 2. The standard InChI is InChI=1S/C8H14O4.C4H10O.C2H6O2/c1-6(2)5-12-8(11)4-3-7(9)10;1-3-5-4-2;3-1-2-4/h6H,3-5H2,1-2H3,(H,9,10);3-4H2,1-2H3;3-4H,1-2H2. The maximum Gasteiger partial charge on any atom is 0.306 e. The maximum atomic E-state index is 10.8. The third-order valence-electron chi connectivity index (χ3n) is 1.63. The van der Waals surface area contributed by atoms with Gasteiger partial charge in [0.15, 0.2) is 0 Å². The van der Waals surface area contributed by atoms with Gasteiger partial charge in [-0.2, -0.15) is 0 Å². The fourth-order valence-electron chi connectivity index (χ4n) is 0.745. The summed E-state index contributed by atoms with van der Waals surface area (Å²) in [6.07, 6.45) is -0.195. The molecule has 7 heteroatoms. The molecule has 0 radical (unpaired) electrons. The molecule has 0 saturated carbocycles. The van der Waals surface area contributed by atoms with Crippen LogP contribution in [0, 0.1) is 5.92 Å². The van der Waals surface area contributed by atoms with E-state index in [0.29, 0.717) is 12.5 Å². The minimum Gasteiger partial charge on any atom is -0.481 e. The van der Waals surface area contributed by atoms with E-state index < -0.39 is 11.9 Å². The molecule has 0 aliphatic rings. The normalized spacial score (nSPS) is 9.10. The Hall–Kier alpha value is -1.18. The average Bonchev–Trinajstić information content (AvgIpc) is 2.44. The van der Waals surface area contributed by atoms with Crippen molar-refractivity contribution in [2.24, 2.45) is 5.92 Å². The topological polar surface area (TPSA) is 113 Å². The van der Waals surface area contributed by atoms with Crippen LogP contribution in [0.3, 0.4) is 0 Å². The molecule has 0 aromatic carbocycles. The first-order valence-electron chi connectivity index (χ1n) is 7.02. The zero-order valence-corrected chi connectivity index (χ0v) is 13.5. The molecule has 0 atom stereocenters. The van der Waals surface area contributed by atoms with Crippen molar-refractivity contribution in [1.29, 1.82) is 0 Å². The number of aliphatic hydroxyl groups excluding tert-OH is 2. The van der Waals surface area contributed by atoms with E-state index in [9.17, 15) is 9.59 Å². The lowest BCUT2D eigenvalue weighted by Gasteiger charge is -2.05. The van der Waals surface area contributed by atoms with Gasteiger partial charge in [-0.15, -0.1) is 0 Å². The Kier molecular flexibility index (Phi) is 25.0. The molecule has 128 valence electrons. The van der Waals surface area contributed by atoms with Gasteiger partial charge in [0.05, 0.1) is 32.7 Å². The molecule has 7 nitrogen and oxygen atoms in total. The SMILES string of the molecule is CC(C)COC(=O)CCC(=O)O.CCOCC.OCCO. The van der Waals surface area contributed by atoms with E-state index >= 15 is 0 Å². The van der Waals surface area contributed by atoms with Crippen molar-refractivity contribution in [3.8, 4) is 0 Å². The highest BCUT2D eigenvalue weighted by Crippen LogP contribution is 1.97. The Morgan fingerprint density at radius 3 is 1.71 bits per heavy atom. The lowest BCUT2D eigenvalue weighted by atomic mass is 10.2. The molecule has 3 N–H and O–H groups in total. The van der Waals surface area contributed by atoms with E-state index in [-0.39, 0.29) is 26.1 Å². The molecule has 0 aliphatic carbocycles. The first-order chi connectivity index (χ1) is 9.85. The molecule has 0 saturated heterocycles. The first kappa shape index (κ1) is 24.8. The summed E-state index contributed by atoms with van der Waals surface area (Å²) in [4.78, 5) is 20.8. The quantitative estimate of drug-likeness (QED) is 0.574. The van der Waals surface area contributed by atoms with Crippen molar-refractivity contribution in [3.05, 3.63) is 0 Å². The highest BCUT2D eigenvalue weighted by atomic mass is 16.5. The third-order valence-corrected chi connectivity index (χ3v) is 1.63. The molecule has 0 aliphatic heterocycles. The van der Waals surface area contributed by atoms with Crippen LogP contribution in [0.1, 0.15) is 40.5 Å². The number of carboxylic acids is 1. The Morgan fingerprint density at radius 2 is 1.48 bits per heavy atom. The molecule has 0 fully saturated rings. The molecule has 0 aromatic rings. The number of aliphatic hydroxyl groups is 2. The number of aliphatic carboxylic acids is 1. The van der Waals surface area contributed by atoms with E-state index in [4.69, 9.17) is 24.8 Å². The van der Waals surface area contributed by atoms with Crippen molar-refractivity contribution in [3.63, 3.8) is 0 Å². The lowest BCUT2D eigenvalue weighted by Crippen LogP contribution is -2.11. The summed E-state index contributed by atoms with van der Waals surface area (Å²) in [5, 5.41) is 23.5. The van der Waals surface area contributed by atoms with Crippen molar-refractivity contribution in [2.45, 2.75) is 40.5 Å². The van der Waals surface area contributed by atoms with Gasteiger partial charge in [-0.05, 0) is 19.8 Å². The average molecular weight is 310 g/mol. The second-order valence-corrected chi connectivity index (χ2v) is 4.20. The summed E-state index contributed by atoms with van der Waals surface area (Å²) in [5.41, 5.74) is 0. The summed E-state index contributed by atoms with van der Waals surface area (Å²) < 4.78 is 9.58. The van der Waals surface area contributed by atoms with Crippen LogP contribution in [0.25, 0.3) is 0 Å². The van der Waals surface area contributed by atoms with Gasteiger partial charge in [0.25, 0.3) is 0 Å². The van der Waals surface area contributed by atoms with Crippen LogP contribution in [-0.2, 0) is 19.1 Å². The molecule has 0 aromatic heterocycles. The van der Waals surface area contributed by atoms with Gasteiger partial charge < -0.3 is 24.8 Å². The predicted molar refractivity (Wildman–Crippen MR) is 79.0 cm³/mol. The van der Waals surface area contributed by atoms with Crippen LogP contribution in [-0.4, -0.2) is 60.3 Å². The number of carboxylic acid groups (broad SMARTS) is 1. The van der Waals surface area contributed by atoms with Gasteiger partial charge in [0.2, 0.25) is 0 Å². The van der Waals surface area contributed by atoms with Crippen LogP contribution in [0.5, 0.6) is 0 Å². The van der Waals surface area contributed by atoms with Gasteiger partial charge in [-0.1, -0.05) is 13.8 Å². The fourth-order valence-corrected chi connectivity index (χ4v) is 0.745. The Balaban J connectivity index is -0.000000297. The highest BCUT2D eigenvalue weighted by Gasteiger charge is 2.06. The first-order valence-corrected chi connectivity index (χ1v) is 7.02. The lowest BCUT2D eigenvalue weighted by molar-refractivity contribution is -0.148. The number of rotatable bonds is 8. The van der Waals surface area contributed by atoms with E-state index in [1.165, 1.54) is 0 Å². The van der Waals surface area contributed by atoms with Gasteiger partial charge >= 0.3 is 11.9 Å². The molecule has 0 amide bonds. The van der Waals surface area contributed by atoms with Crippen LogP contribution in [0.2, 0.25) is 0 Å². The molecule has 0 spiro atoms. The van der Waals surface area contributed by atoms with Crippen LogP contribution < -0.4 is 0 Å². The van der Waals surface area contributed by atoms with Crippen molar-refractivity contribution in [2.75, 3.05) is 33.0 Å². The minimum atomic E-state index is -0.975. The van der Waals surface area contributed by atoms with Crippen LogP contribution >= 0.6 is 0 Å². The molecule has 0 rings (SSSR count). The summed E-state index contributed by atoms with van der Waals surface area (Å²) in [6, 6.07) is 0. The molecular weight excluding hydrogens is 280 g/mol. The van der Waals surface area contributed by atoms with Crippen molar-refractivity contribution < 1.29 is 34.4 Å². The van der Waals surface area contributed by atoms with Crippen molar-refractivity contribution in [1.82, 2.24) is 0 Å². The smallest absolute Gasteiger partial charge is 0.306 e. The van der Waals surface area contributed by atoms with E-state index in [1.807, 2.05) is 27.7 Å². The minimum absolute atomic E-state index is 0.0396.